The van der Waals surface area contributed by atoms with E-state index in [0.29, 0.717) is 12.8 Å². The molecule has 120 valence electrons. The van der Waals surface area contributed by atoms with Gasteiger partial charge in [0.2, 0.25) is 5.91 Å². The van der Waals surface area contributed by atoms with Crippen LogP contribution in [0.2, 0.25) is 5.02 Å². The summed E-state index contributed by atoms with van der Waals surface area (Å²) < 4.78 is 38.4. The van der Waals surface area contributed by atoms with Crippen LogP contribution < -0.4 is 5.32 Å². The molecule has 0 aliphatic heterocycles. The highest BCUT2D eigenvalue weighted by molar-refractivity contribution is 6.32. The quantitative estimate of drug-likeness (QED) is 0.889. The van der Waals surface area contributed by atoms with Crippen molar-refractivity contribution in [3.05, 3.63) is 34.3 Å². The Morgan fingerprint density at radius 2 is 1.95 bits per heavy atom. The predicted molar refractivity (Wildman–Crippen MR) is 72.6 cm³/mol. The van der Waals surface area contributed by atoms with Crippen LogP contribution in [0.1, 0.15) is 30.9 Å². The molecule has 2 N–H and O–H groups in total. The summed E-state index contributed by atoms with van der Waals surface area (Å²) in [6.07, 6.45) is -3.89. The zero-order chi connectivity index (χ0) is 16.7. The van der Waals surface area contributed by atoms with Gasteiger partial charge in [-0.2, -0.15) is 13.2 Å². The summed E-state index contributed by atoms with van der Waals surface area (Å²) >= 11 is 5.95. The second-order valence-electron chi connectivity index (χ2n) is 5.31. The van der Waals surface area contributed by atoms with Crippen molar-refractivity contribution in [1.82, 2.24) is 5.32 Å². The maximum Gasteiger partial charge on any atom is 0.416 e. The molecule has 0 bridgehead atoms. The number of carboxylic acid groups (broad SMARTS) is 1. The third-order valence-corrected chi connectivity index (χ3v) is 4.04. The maximum atomic E-state index is 12.8. The normalized spacial score (nSPS) is 17.7. The molecule has 4 nitrogen and oxygen atoms in total. The third kappa shape index (κ3) is 3.04. The number of halogens is 4. The zero-order valence-corrected chi connectivity index (χ0v) is 12.3. The monoisotopic (exact) mass is 335 g/mol. The summed E-state index contributed by atoms with van der Waals surface area (Å²) in [5, 5.41) is 11.1. The van der Waals surface area contributed by atoms with Crippen LogP contribution in [-0.2, 0) is 21.2 Å². The molecule has 0 saturated heterocycles. The number of carbonyl (C=O) groups excluding carboxylic acids is 1. The van der Waals surface area contributed by atoms with E-state index in [-0.39, 0.29) is 10.6 Å². The van der Waals surface area contributed by atoms with Crippen molar-refractivity contribution in [2.45, 2.75) is 37.4 Å². The van der Waals surface area contributed by atoms with Crippen LogP contribution in [0.25, 0.3) is 0 Å². The fourth-order valence-corrected chi connectivity index (χ4v) is 2.51. The number of carbonyl (C=O) groups is 2. The van der Waals surface area contributed by atoms with E-state index < -0.39 is 35.1 Å². The van der Waals surface area contributed by atoms with E-state index in [9.17, 15) is 22.8 Å². The van der Waals surface area contributed by atoms with Gasteiger partial charge in [0.05, 0.1) is 11.0 Å². The molecule has 0 spiro atoms. The summed E-state index contributed by atoms with van der Waals surface area (Å²) in [5.41, 5.74) is -1.99. The van der Waals surface area contributed by atoms with Gasteiger partial charge in [0.25, 0.3) is 0 Å². The molecule has 1 atom stereocenters. The fraction of sp³-hybridized carbons (Fsp3) is 0.429. The van der Waals surface area contributed by atoms with Crippen LogP contribution in [0, 0.1) is 0 Å². The van der Waals surface area contributed by atoms with Crippen molar-refractivity contribution in [2.75, 3.05) is 0 Å². The van der Waals surface area contributed by atoms with Crippen molar-refractivity contribution in [2.24, 2.45) is 0 Å². The maximum absolute atomic E-state index is 12.8. The van der Waals surface area contributed by atoms with E-state index in [1.54, 1.807) is 0 Å². The van der Waals surface area contributed by atoms with Crippen molar-refractivity contribution >= 4 is 23.5 Å². The lowest BCUT2D eigenvalue weighted by Crippen LogP contribution is -2.44. The van der Waals surface area contributed by atoms with E-state index in [1.807, 2.05) is 0 Å². The molecule has 1 aromatic carbocycles. The molecule has 0 aromatic heterocycles. The molecule has 1 aromatic rings. The molecule has 1 amide bonds. The first-order valence-electron chi connectivity index (χ1n) is 6.49. The zero-order valence-electron chi connectivity index (χ0n) is 11.5. The summed E-state index contributed by atoms with van der Waals surface area (Å²) in [6, 6.07) is 1.68. The number of hydrogen-bond acceptors (Lipinski definition) is 2. The van der Waals surface area contributed by atoms with E-state index in [0.717, 1.165) is 18.2 Å². The number of benzene rings is 1. The molecule has 1 saturated carbocycles. The molecule has 2 rings (SSSR count). The lowest BCUT2D eigenvalue weighted by Gasteiger charge is -2.20. The Morgan fingerprint density at radius 1 is 1.36 bits per heavy atom. The Kier molecular flexibility index (Phi) is 4.12. The molecular weight excluding hydrogens is 323 g/mol. The highest BCUT2D eigenvalue weighted by Crippen LogP contribution is 2.51. The summed E-state index contributed by atoms with van der Waals surface area (Å²) in [5.74, 6) is -1.84. The molecule has 0 radical (unpaired) electrons. The first-order valence-corrected chi connectivity index (χ1v) is 6.87. The van der Waals surface area contributed by atoms with Gasteiger partial charge in [0.1, 0.15) is 6.04 Å². The average molecular weight is 336 g/mol. The van der Waals surface area contributed by atoms with Crippen molar-refractivity contribution in [3.63, 3.8) is 0 Å². The molecule has 1 aliphatic rings. The summed E-state index contributed by atoms with van der Waals surface area (Å²) in [7, 11) is 0. The van der Waals surface area contributed by atoms with Crippen LogP contribution in [0.5, 0.6) is 0 Å². The molecular formula is C14H13ClF3NO3. The lowest BCUT2D eigenvalue weighted by atomic mass is 9.92. The van der Waals surface area contributed by atoms with Crippen LogP contribution in [0.3, 0.4) is 0 Å². The number of nitrogens with one attached hydrogen (secondary N) is 1. The van der Waals surface area contributed by atoms with Gasteiger partial charge in [-0.05, 0) is 43.5 Å². The largest absolute Gasteiger partial charge is 0.480 e. The SMILES string of the molecule is C[C@@H](NC(=O)C1(c2cc(C(F)(F)F)ccc2Cl)CC1)C(=O)O. The Labute approximate surface area is 129 Å². The van der Waals surface area contributed by atoms with Gasteiger partial charge in [-0.25, -0.2) is 0 Å². The predicted octanol–water partition coefficient (Wildman–Crippen LogP) is 2.98. The fourth-order valence-electron chi connectivity index (χ4n) is 2.21. The van der Waals surface area contributed by atoms with Crippen LogP contribution in [0.15, 0.2) is 18.2 Å². The molecule has 1 aliphatic carbocycles. The van der Waals surface area contributed by atoms with Crippen LogP contribution in [0.4, 0.5) is 13.2 Å². The number of carboxylic acids is 1. The van der Waals surface area contributed by atoms with Gasteiger partial charge >= 0.3 is 12.1 Å². The Hall–Kier alpha value is -1.76. The number of amides is 1. The van der Waals surface area contributed by atoms with E-state index in [1.165, 1.54) is 6.92 Å². The third-order valence-electron chi connectivity index (χ3n) is 3.71. The minimum Gasteiger partial charge on any atom is -0.480 e. The van der Waals surface area contributed by atoms with E-state index in [2.05, 4.69) is 5.32 Å². The van der Waals surface area contributed by atoms with Gasteiger partial charge in [-0.1, -0.05) is 11.6 Å². The molecule has 0 unspecified atom stereocenters. The van der Waals surface area contributed by atoms with E-state index in [4.69, 9.17) is 16.7 Å². The van der Waals surface area contributed by atoms with E-state index >= 15 is 0 Å². The Morgan fingerprint density at radius 3 is 2.41 bits per heavy atom. The topological polar surface area (TPSA) is 66.4 Å². The summed E-state index contributed by atoms with van der Waals surface area (Å²) in [4.78, 5) is 23.0. The Bertz CT molecular complexity index is 626. The highest BCUT2D eigenvalue weighted by Gasteiger charge is 2.53. The number of rotatable bonds is 4. The van der Waals surface area contributed by atoms with Crippen molar-refractivity contribution in [3.8, 4) is 0 Å². The minimum absolute atomic E-state index is 0.0589. The first-order chi connectivity index (χ1) is 10.1. The highest BCUT2D eigenvalue weighted by atomic mass is 35.5. The second kappa shape index (κ2) is 5.46. The first kappa shape index (κ1) is 16.6. The Balaban J connectivity index is 2.34. The standard InChI is InChI=1S/C14H13ClF3NO3/c1-7(11(20)21)19-12(22)13(4-5-13)9-6-8(14(16,17)18)2-3-10(9)15/h2-3,6-7H,4-5H2,1H3,(H,19,22)(H,20,21)/t7-/m1/s1. The van der Waals surface area contributed by atoms with Gasteiger partial charge in [0, 0.05) is 5.02 Å². The van der Waals surface area contributed by atoms with Crippen molar-refractivity contribution < 1.29 is 27.9 Å². The average Bonchev–Trinajstić information content (AvgIpc) is 3.19. The number of hydrogen-bond donors (Lipinski definition) is 2. The van der Waals surface area contributed by atoms with Crippen LogP contribution >= 0.6 is 11.6 Å². The minimum atomic E-state index is -4.54. The second-order valence-corrected chi connectivity index (χ2v) is 5.72. The molecule has 0 heterocycles. The van der Waals surface area contributed by atoms with Crippen molar-refractivity contribution in [1.29, 1.82) is 0 Å². The van der Waals surface area contributed by atoms with Gasteiger partial charge < -0.3 is 10.4 Å². The lowest BCUT2D eigenvalue weighted by molar-refractivity contribution is -0.141. The number of aliphatic carboxylic acids is 1. The molecule has 8 heteroatoms. The van der Waals surface area contributed by atoms with Gasteiger partial charge in [0.15, 0.2) is 0 Å². The van der Waals surface area contributed by atoms with Gasteiger partial charge in [-0.3, -0.25) is 9.59 Å². The number of alkyl halides is 3. The molecule has 1 fully saturated rings. The van der Waals surface area contributed by atoms with Crippen LogP contribution in [-0.4, -0.2) is 23.0 Å². The molecule has 22 heavy (non-hydrogen) atoms. The summed E-state index contributed by atoms with van der Waals surface area (Å²) in [6.45, 7) is 1.28. The smallest absolute Gasteiger partial charge is 0.416 e. The van der Waals surface area contributed by atoms with Gasteiger partial charge in [-0.15, -0.1) is 0 Å².